The second-order valence-corrected chi connectivity index (χ2v) is 6.39. The first-order valence-corrected chi connectivity index (χ1v) is 7.77. The van der Waals surface area contributed by atoms with Crippen LogP contribution in [0.3, 0.4) is 0 Å². The van der Waals surface area contributed by atoms with E-state index < -0.39 is 10.0 Å². The highest BCUT2D eigenvalue weighted by molar-refractivity contribution is 7.89. The summed E-state index contributed by atoms with van der Waals surface area (Å²) in [7, 11) is -2.26. The van der Waals surface area contributed by atoms with Crippen molar-refractivity contribution in [2.45, 2.75) is 4.90 Å². The third-order valence-electron chi connectivity index (χ3n) is 3.26. The van der Waals surface area contributed by atoms with Crippen LogP contribution >= 0.6 is 0 Å². The molecule has 0 aliphatic rings. The number of hydrogen-bond acceptors (Lipinski definition) is 4. The van der Waals surface area contributed by atoms with Crippen LogP contribution in [0.4, 0.5) is 5.69 Å². The van der Waals surface area contributed by atoms with E-state index >= 15 is 0 Å². The second-order valence-electron chi connectivity index (χ2n) is 4.54. The first-order chi connectivity index (χ1) is 10.0. The smallest absolute Gasteiger partial charge is 0.242 e. The van der Waals surface area contributed by atoms with E-state index in [2.05, 4.69) is 9.71 Å². The van der Waals surface area contributed by atoms with Gasteiger partial charge in [0.15, 0.2) is 0 Å². The number of anilines is 1. The van der Waals surface area contributed by atoms with Crippen LogP contribution in [0.2, 0.25) is 0 Å². The normalized spacial score (nSPS) is 11.9. The molecule has 21 heavy (non-hydrogen) atoms. The Morgan fingerprint density at radius 3 is 2.71 bits per heavy atom. The van der Waals surface area contributed by atoms with Gasteiger partial charge in [-0.3, -0.25) is 4.57 Å². The fourth-order valence-corrected chi connectivity index (χ4v) is 3.16. The standard InChI is InChI=1S/C14H14N4O2S/c1-16-21(19,20)14-8-10(15)6-7-13(14)18-9-17-11-4-2-3-5-12(11)18/h2-9,16H,15H2,1H3. The molecule has 0 spiro atoms. The molecule has 0 unspecified atom stereocenters. The fraction of sp³-hybridized carbons (Fsp3) is 0.0714. The number of nitrogens with two attached hydrogens (primary N) is 1. The number of benzene rings is 2. The SMILES string of the molecule is CNS(=O)(=O)c1cc(N)ccc1-n1cnc2ccccc21. The molecule has 0 fully saturated rings. The van der Waals surface area contributed by atoms with E-state index in [1.165, 1.54) is 13.1 Å². The van der Waals surface area contributed by atoms with Crippen LogP contribution in [0.5, 0.6) is 0 Å². The molecule has 0 atom stereocenters. The van der Waals surface area contributed by atoms with Crippen LogP contribution in [0.1, 0.15) is 0 Å². The van der Waals surface area contributed by atoms with Crippen molar-refractivity contribution in [3.8, 4) is 5.69 Å². The Morgan fingerprint density at radius 2 is 1.95 bits per heavy atom. The maximum atomic E-state index is 12.2. The van der Waals surface area contributed by atoms with Crippen molar-refractivity contribution in [2.24, 2.45) is 0 Å². The van der Waals surface area contributed by atoms with Crippen LogP contribution in [-0.2, 0) is 10.0 Å². The highest BCUT2D eigenvalue weighted by Gasteiger charge is 2.19. The summed E-state index contributed by atoms with van der Waals surface area (Å²) < 4.78 is 28.5. The van der Waals surface area contributed by atoms with Gasteiger partial charge in [-0.2, -0.15) is 0 Å². The van der Waals surface area contributed by atoms with Gasteiger partial charge in [-0.25, -0.2) is 18.1 Å². The van der Waals surface area contributed by atoms with E-state index in [9.17, 15) is 8.42 Å². The summed E-state index contributed by atoms with van der Waals surface area (Å²) in [5, 5.41) is 0. The summed E-state index contributed by atoms with van der Waals surface area (Å²) in [5.74, 6) is 0. The van der Waals surface area contributed by atoms with E-state index in [0.717, 1.165) is 11.0 Å². The molecule has 3 rings (SSSR count). The predicted molar refractivity (Wildman–Crippen MR) is 81.7 cm³/mol. The maximum absolute atomic E-state index is 12.2. The molecule has 0 aliphatic heterocycles. The summed E-state index contributed by atoms with van der Waals surface area (Å²) in [4.78, 5) is 4.40. The molecule has 0 saturated heterocycles. The Hall–Kier alpha value is -2.38. The number of nitrogen functional groups attached to an aromatic ring is 1. The molecule has 2 aromatic carbocycles. The van der Waals surface area contributed by atoms with Crippen molar-refractivity contribution in [2.75, 3.05) is 12.8 Å². The van der Waals surface area contributed by atoms with Crippen molar-refractivity contribution in [3.63, 3.8) is 0 Å². The lowest BCUT2D eigenvalue weighted by Crippen LogP contribution is -2.20. The van der Waals surface area contributed by atoms with Crippen molar-refractivity contribution in [1.29, 1.82) is 0 Å². The van der Waals surface area contributed by atoms with Gasteiger partial charge in [-0.15, -0.1) is 0 Å². The number of rotatable bonds is 3. The maximum Gasteiger partial charge on any atom is 0.242 e. The molecule has 1 heterocycles. The molecule has 3 N–H and O–H groups in total. The van der Waals surface area contributed by atoms with Gasteiger partial charge in [0.25, 0.3) is 0 Å². The van der Waals surface area contributed by atoms with Crippen LogP contribution in [0.25, 0.3) is 16.7 Å². The minimum absolute atomic E-state index is 0.119. The summed E-state index contributed by atoms with van der Waals surface area (Å²) in [6.07, 6.45) is 1.60. The molecule has 1 aromatic heterocycles. The first-order valence-electron chi connectivity index (χ1n) is 6.28. The molecule has 108 valence electrons. The number of para-hydroxylation sites is 2. The van der Waals surface area contributed by atoms with E-state index in [4.69, 9.17) is 5.73 Å². The Balaban J connectivity index is 2.33. The first kappa shape index (κ1) is 13.6. The Kier molecular flexibility index (Phi) is 3.15. The van der Waals surface area contributed by atoms with E-state index in [0.29, 0.717) is 11.4 Å². The Morgan fingerprint density at radius 1 is 1.19 bits per heavy atom. The molecule has 6 nitrogen and oxygen atoms in total. The quantitative estimate of drug-likeness (QED) is 0.718. The van der Waals surface area contributed by atoms with Gasteiger partial charge in [0.1, 0.15) is 11.2 Å². The lowest BCUT2D eigenvalue weighted by atomic mass is 10.2. The number of sulfonamides is 1. The highest BCUT2D eigenvalue weighted by Crippen LogP contribution is 2.26. The van der Waals surface area contributed by atoms with Gasteiger partial charge in [-0.1, -0.05) is 12.1 Å². The van der Waals surface area contributed by atoms with E-state index in [-0.39, 0.29) is 4.90 Å². The van der Waals surface area contributed by atoms with Crippen molar-refractivity contribution in [1.82, 2.24) is 14.3 Å². The van der Waals surface area contributed by atoms with Crippen LogP contribution in [-0.4, -0.2) is 25.0 Å². The number of nitrogens with zero attached hydrogens (tertiary/aromatic N) is 2. The van der Waals surface area contributed by atoms with Gasteiger partial charge < -0.3 is 5.73 Å². The van der Waals surface area contributed by atoms with Gasteiger partial charge in [0.2, 0.25) is 10.0 Å². The molecular formula is C14H14N4O2S. The zero-order chi connectivity index (χ0) is 15.0. The summed E-state index contributed by atoms with van der Waals surface area (Å²) in [5.41, 5.74) is 8.24. The summed E-state index contributed by atoms with van der Waals surface area (Å²) >= 11 is 0. The molecule has 0 radical (unpaired) electrons. The highest BCUT2D eigenvalue weighted by atomic mass is 32.2. The average Bonchev–Trinajstić information content (AvgIpc) is 2.91. The molecule has 0 amide bonds. The molecular weight excluding hydrogens is 288 g/mol. The second kappa shape index (κ2) is 4.87. The van der Waals surface area contributed by atoms with Gasteiger partial charge in [0.05, 0.1) is 16.7 Å². The Bertz CT molecular complexity index is 916. The average molecular weight is 302 g/mol. The molecule has 0 saturated carbocycles. The molecule has 7 heteroatoms. The van der Waals surface area contributed by atoms with E-state index in [1.807, 2.05) is 24.3 Å². The van der Waals surface area contributed by atoms with Gasteiger partial charge in [-0.05, 0) is 37.4 Å². The lowest BCUT2D eigenvalue weighted by Gasteiger charge is -2.12. The van der Waals surface area contributed by atoms with Crippen molar-refractivity contribution in [3.05, 3.63) is 48.8 Å². The lowest BCUT2D eigenvalue weighted by molar-refractivity contribution is 0.588. The zero-order valence-corrected chi connectivity index (χ0v) is 12.1. The molecule has 0 aliphatic carbocycles. The Labute approximate surface area is 122 Å². The third-order valence-corrected chi connectivity index (χ3v) is 4.70. The minimum atomic E-state index is -3.62. The summed E-state index contributed by atoms with van der Waals surface area (Å²) in [6, 6.07) is 12.3. The monoisotopic (exact) mass is 302 g/mol. The largest absolute Gasteiger partial charge is 0.399 e. The number of fused-ring (bicyclic) bond motifs is 1. The van der Waals surface area contributed by atoms with Crippen LogP contribution in [0.15, 0.2) is 53.7 Å². The van der Waals surface area contributed by atoms with Crippen molar-refractivity contribution >= 4 is 26.7 Å². The molecule has 0 bridgehead atoms. The number of aromatic nitrogens is 2. The number of nitrogens with one attached hydrogen (secondary N) is 1. The van der Waals surface area contributed by atoms with Gasteiger partial charge in [0, 0.05) is 5.69 Å². The van der Waals surface area contributed by atoms with Crippen LogP contribution < -0.4 is 10.5 Å². The fourth-order valence-electron chi connectivity index (χ4n) is 2.21. The van der Waals surface area contributed by atoms with Crippen LogP contribution in [0, 0.1) is 0 Å². The number of hydrogen-bond donors (Lipinski definition) is 2. The van der Waals surface area contributed by atoms with Gasteiger partial charge >= 0.3 is 0 Å². The summed E-state index contributed by atoms with van der Waals surface area (Å²) in [6.45, 7) is 0. The zero-order valence-electron chi connectivity index (χ0n) is 11.3. The molecule has 3 aromatic rings. The minimum Gasteiger partial charge on any atom is -0.399 e. The topological polar surface area (TPSA) is 90.0 Å². The van der Waals surface area contributed by atoms with E-state index in [1.54, 1.807) is 23.0 Å². The van der Waals surface area contributed by atoms with Crippen molar-refractivity contribution < 1.29 is 8.42 Å². The predicted octanol–water partition coefficient (Wildman–Crippen LogP) is 1.52. The third kappa shape index (κ3) is 2.26. The number of imidazole rings is 1.